The second-order valence-electron chi connectivity index (χ2n) is 6.98. The predicted molar refractivity (Wildman–Crippen MR) is 119 cm³/mol. The molecule has 3 heterocycles. The Kier molecular flexibility index (Phi) is 5.33. The molecular formula is C24H19N3O3S. The Labute approximate surface area is 183 Å². The van der Waals surface area contributed by atoms with Crippen LogP contribution in [0.1, 0.15) is 17.0 Å². The first-order chi connectivity index (χ1) is 15.3. The first-order valence-corrected chi connectivity index (χ1v) is 10.8. The van der Waals surface area contributed by atoms with E-state index in [-0.39, 0.29) is 5.91 Å². The molecule has 0 aliphatic carbocycles. The Morgan fingerprint density at radius 1 is 0.935 bits per heavy atom. The Balaban J connectivity index is 1.21. The molecule has 5 rings (SSSR count). The number of para-hydroxylation sites is 2. The third-order valence-corrected chi connectivity index (χ3v) is 5.90. The van der Waals surface area contributed by atoms with Crippen LogP contribution in [0.2, 0.25) is 0 Å². The van der Waals surface area contributed by atoms with Gasteiger partial charge in [0.25, 0.3) is 0 Å². The molecule has 0 unspecified atom stereocenters. The molecule has 0 radical (unpaired) electrons. The number of nitrogens with one attached hydrogen (secondary N) is 1. The number of fused-ring (bicyclic) bond motifs is 2. The van der Waals surface area contributed by atoms with Crippen molar-refractivity contribution in [2.45, 2.75) is 5.92 Å². The molecule has 0 saturated carbocycles. The summed E-state index contributed by atoms with van der Waals surface area (Å²) in [6, 6.07) is 22.9. The highest BCUT2D eigenvalue weighted by Gasteiger charge is 2.32. The van der Waals surface area contributed by atoms with Crippen molar-refractivity contribution in [2.24, 2.45) is 0 Å². The Morgan fingerprint density at radius 3 is 2.32 bits per heavy atom. The van der Waals surface area contributed by atoms with Crippen LogP contribution >= 0.6 is 11.3 Å². The van der Waals surface area contributed by atoms with Gasteiger partial charge in [0.1, 0.15) is 23.8 Å². The highest BCUT2D eigenvalue weighted by Crippen LogP contribution is 2.43. The largest absolute Gasteiger partial charge is 0.475 e. The minimum atomic E-state index is -0.425. The van der Waals surface area contributed by atoms with Crippen molar-refractivity contribution in [3.8, 4) is 28.0 Å². The van der Waals surface area contributed by atoms with Gasteiger partial charge in [-0.15, -0.1) is 21.5 Å². The lowest BCUT2D eigenvalue weighted by Crippen LogP contribution is -2.34. The van der Waals surface area contributed by atoms with Gasteiger partial charge in [0.2, 0.25) is 11.8 Å². The molecule has 0 atom stereocenters. The quantitative estimate of drug-likeness (QED) is 0.452. The summed E-state index contributed by atoms with van der Waals surface area (Å²) in [5.41, 5.74) is 2.52. The van der Waals surface area contributed by atoms with Crippen LogP contribution in [-0.2, 0) is 4.79 Å². The van der Waals surface area contributed by atoms with E-state index >= 15 is 0 Å². The fraction of sp³-hybridized carbons (Fsp3) is 0.125. The molecule has 2 aromatic heterocycles. The molecule has 31 heavy (non-hydrogen) atoms. The molecule has 1 aliphatic rings. The second-order valence-corrected chi connectivity index (χ2v) is 7.93. The van der Waals surface area contributed by atoms with E-state index in [0.29, 0.717) is 30.5 Å². The van der Waals surface area contributed by atoms with Gasteiger partial charge in [0.05, 0.1) is 17.3 Å². The van der Waals surface area contributed by atoms with E-state index in [1.165, 1.54) is 0 Å². The van der Waals surface area contributed by atoms with Crippen molar-refractivity contribution < 1.29 is 14.3 Å². The third kappa shape index (κ3) is 4.00. The number of benzene rings is 2. The highest BCUT2D eigenvalue weighted by atomic mass is 32.1. The Morgan fingerprint density at radius 2 is 1.68 bits per heavy atom. The van der Waals surface area contributed by atoms with Crippen molar-refractivity contribution in [1.29, 1.82) is 0 Å². The molecule has 4 aromatic rings. The third-order valence-electron chi connectivity index (χ3n) is 5.01. The van der Waals surface area contributed by atoms with E-state index in [2.05, 4.69) is 15.5 Å². The average Bonchev–Trinajstić information content (AvgIpc) is 3.35. The molecule has 2 aromatic carbocycles. The highest BCUT2D eigenvalue weighted by molar-refractivity contribution is 7.13. The monoisotopic (exact) mass is 429 g/mol. The van der Waals surface area contributed by atoms with Crippen LogP contribution in [0.4, 0.5) is 0 Å². The van der Waals surface area contributed by atoms with Crippen LogP contribution in [0.15, 0.2) is 78.2 Å². The molecule has 7 heteroatoms. The number of ether oxygens (including phenoxy) is 2. The maximum atomic E-state index is 13.1. The van der Waals surface area contributed by atoms with Gasteiger partial charge in [0, 0.05) is 17.2 Å². The first-order valence-electron chi connectivity index (χ1n) is 9.93. The lowest BCUT2D eigenvalue weighted by atomic mass is 9.87. The second kappa shape index (κ2) is 8.57. The van der Waals surface area contributed by atoms with E-state index in [1.54, 1.807) is 17.4 Å². The van der Waals surface area contributed by atoms with Gasteiger partial charge in [-0.2, -0.15) is 0 Å². The fourth-order valence-electron chi connectivity index (χ4n) is 3.58. The average molecular weight is 430 g/mol. The summed E-state index contributed by atoms with van der Waals surface area (Å²) in [5.74, 6) is 1.32. The number of hydrogen-bond donors (Lipinski definition) is 1. The molecule has 1 amide bonds. The van der Waals surface area contributed by atoms with E-state index in [4.69, 9.17) is 9.47 Å². The molecule has 0 fully saturated rings. The smallest absolute Gasteiger partial charge is 0.233 e. The molecule has 0 bridgehead atoms. The number of carbonyl (C=O) groups excluding carboxylic acids is 1. The molecule has 154 valence electrons. The summed E-state index contributed by atoms with van der Waals surface area (Å²) >= 11 is 1.61. The molecule has 1 N–H and O–H groups in total. The van der Waals surface area contributed by atoms with E-state index in [9.17, 15) is 4.79 Å². The summed E-state index contributed by atoms with van der Waals surface area (Å²) in [6.07, 6.45) is 0. The number of rotatable bonds is 6. The summed E-state index contributed by atoms with van der Waals surface area (Å²) in [5, 5.41) is 13.3. The van der Waals surface area contributed by atoms with Crippen LogP contribution in [0.3, 0.4) is 0 Å². The maximum absolute atomic E-state index is 13.1. The van der Waals surface area contributed by atoms with Crippen LogP contribution in [-0.4, -0.2) is 29.3 Å². The van der Waals surface area contributed by atoms with Crippen molar-refractivity contribution in [3.63, 3.8) is 0 Å². The summed E-state index contributed by atoms with van der Waals surface area (Å²) in [4.78, 5) is 14.1. The van der Waals surface area contributed by atoms with Crippen molar-refractivity contribution >= 4 is 17.2 Å². The first kappa shape index (κ1) is 19.3. The minimum absolute atomic E-state index is 0.0917. The molecule has 0 saturated heterocycles. The lowest BCUT2D eigenvalue weighted by Gasteiger charge is -2.27. The minimum Gasteiger partial charge on any atom is -0.475 e. The van der Waals surface area contributed by atoms with Crippen LogP contribution in [0.25, 0.3) is 10.6 Å². The van der Waals surface area contributed by atoms with E-state index in [0.717, 1.165) is 21.7 Å². The van der Waals surface area contributed by atoms with Gasteiger partial charge in [-0.25, -0.2) is 0 Å². The van der Waals surface area contributed by atoms with Gasteiger partial charge in [-0.1, -0.05) is 42.5 Å². The van der Waals surface area contributed by atoms with Crippen molar-refractivity contribution in [3.05, 3.63) is 89.3 Å². The van der Waals surface area contributed by atoms with Gasteiger partial charge in [0.15, 0.2) is 0 Å². The molecule has 6 nitrogen and oxygen atoms in total. The normalized spacial score (nSPS) is 12.4. The van der Waals surface area contributed by atoms with E-state index in [1.807, 2.05) is 72.1 Å². The molecule has 0 spiro atoms. The van der Waals surface area contributed by atoms with E-state index < -0.39 is 5.92 Å². The fourth-order valence-corrected chi connectivity index (χ4v) is 4.27. The molecular weight excluding hydrogens is 410 g/mol. The zero-order valence-electron chi connectivity index (χ0n) is 16.5. The predicted octanol–water partition coefficient (Wildman–Crippen LogP) is 4.64. The number of carbonyl (C=O) groups is 1. The topological polar surface area (TPSA) is 73.3 Å². The van der Waals surface area contributed by atoms with Gasteiger partial charge < -0.3 is 14.8 Å². The number of amides is 1. The SMILES string of the molecule is O=C(NCCOc1ccc(-c2cccs2)nn1)C1c2ccccc2Oc2ccccc21. The maximum Gasteiger partial charge on any atom is 0.233 e. The van der Waals surface area contributed by atoms with Gasteiger partial charge in [-0.3, -0.25) is 4.79 Å². The van der Waals surface area contributed by atoms with Crippen molar-refractivity contribution in [2.75, 3.05) is 13.2 Å². The number of thiophene rings is 1. The lowest BCUT2D eigenvalue weighted by molar-refractivity contribution is -0.121. The van der Waals surface area contributed by atoms with Crippen LogP contribution in [0.5, 0.6) is 17.4 Å². The Hall–Kier alpha value is -3.71. The number of nitrogens with zero attached hydrogens (tertiary/aromatic N) is 2. The molecule has 1 aliphatic heterocycles. The van der Waals surface area contributed by atoms with Gasteiger partial charge >= 0.3 is 0 Å². The van der Waals surface area contributed by atoms with Gasteiger partial charge in [-0.05, 0) is 29.6 Å². The van der Waals surface area contributed by atoms with Crippen LogP contribution < -0.4 is 14.8 Å². The summed E-state index contributed by atoms with van der Waals surface area (Å²) < 4.78 is 11.6. The summed E-state index contributed by atoms with van der Waals surface area (Å²) in [6.45, 7) is 0.653. The Bertz CT molecular complexity index is 1150. The van der Waals surface area contributed by atoms with Crippen LogP contribution in [0, 0.1) is 0 Å². The standard InChI is InChI=1S/C24H19N3O3S/c28-24(23-16-6-1-3-8-19(16)30-20-9-4-2-7-17(20)23)25-13-14-29-22-12-11-18(26-27-22)21-10-5-15-31-21/h1-12,15,23H,13-14H2,(H,25,28). The number of hydrogen-bond acceptors (Lipinski definition) is 6. The van der Waals surface area contributed by atoms with Crippen molar-refractivity contribution in [1.82, 2.24) is 15.5 Å². The summed E-state index contributed by atoms with van der Waals surface area (Å²) in [7, 11) is 0. The zero-order valence-corrected chi connectivity index (χ0v) is 17.3. The zero-order chi connectivity index (χ0) is 21.0. The number of aromatic nitrogens is 2.